The summed E-state index contributed by atoms with van der Waals surface area (Å²) in [5, 5.41) is 71.1. The van der Waals surface area contributed by atoms with Crippen LogP contribution >= 0.6 is 22.7 Å². The van der Waals surface area contributed by atoms with Gasteiger partial charge in [0.25, 0.3) is 0 Å². The Morgan fingerprint density at radius 2 is 0.890 bits per heavy atom. The molecule has 0 N–H and O–H groups in total. The minimum atomic E-state index is 0. The maximum absolute atomic E-state index is 4.86. The quantitative estimate of drug-likeness (QED) is 0.136. The average Bonchev–Trinajstić information content (AvgIpc) is 1.77. The smallest absolute Gasteiger partial charge is 0.223 e. The van der Waals surface area contributed by atoms with Gasteiger partial charge in [0.15, 0.2) is 17.5 Å². The van der Waals surface area contributed by atoms with Crippen molar-refractivity contribution in [1.82, 2.24) is 175 Å². The Bertz CT molecular complexity index is 4410. The summed E-state index contributed by atoms with van der Waals surface area (Å²) in [5.74, 6) is 7.25. The maximum Gasteiger partial charge on any atom is 0.223 e. The van der Waals surface area contributed by atoms with Crippen LogP contribution in [-0.2, 0) is 42.3 Å². The molecule has 127 heavy (non-hydrogen) atoms. The first-order valence-corrected chi connectivity index (χ1v) is 40.9. The van der Waals surface area contributed by atoms with Crippen molar-refractivity contribution in [3.8, 4) is 0 Å². The number of aromatic nitrogens is 35. The number of imidazole rings is 1. The van der Waals surface area contributed by atoms with E-state index in [1.54, 1.807) is 120 Å². The first-order chi connectivity index (χ1) is 59.2. The molecule has 17 aromatic rings. The van der Waals surface area contributed by atoms with Crippen molar-refractivity contribution >= 4 is 22.7 Å². The number of nitrogens with zero attached hydrogens (tertiary/aromatic N) is 35. The molecule has 0 unspecified atom stereocenters. The minimum Gasteiger partial charge on any atom is -0.449 e. The molecule has 0 fully saturated rings. The summed E-state index contributed by atoms with van der Waals surface area (Å²) in [6.07, 6.45) is 23.3. The summed E-state index contributed by atoms with van der Waals surface area (Å²) in [7, 11) is 11.2. The van der Waals surface area contributed by atoms with E-state index >= 15 is 0 Å². The standard InChI is InChI=1S/C7H9N.2C6H10N2.3C6H8N2.C5H7N3.C5H8N2.2C5H7NO.C5H7NS.2C4H7N3.2C4H6N2O.C4H6N2S.C3H6N4.CH4/c1-6-3-4-7(2)8-5-6;1-5-4-7-8(3)6(5)2;1-5-4-6(2)8(3)7-5;1-5-3-8-6(2)4-7-5;1-5-3-7-6(2)8-4-5;1-5-3-4-6(2)8-7-5;1-4-3-6-5(2)8-7-4;1-5-3-7(2)4-6-5;1-4-3-7-5(2)6-4;1-4-3-5(2)7-6-4;1-4-3-6-5(2)7-4;1-4-5-3-7(2)6-4;1-4-3-5-7(2)6-4;1-3-5-6-4(2)7-3;1-3-5-4(2)7-6-3;1-3-5-6-4(2)7-3;1-3-4-6-7(2)5-3;/h3-5H,1-2H3;2*4H,1-3H3;3*3-4H,1-2H3;3H,1-2H3;3-4H,1-2H3;5*3H,1-2H3;4*1-2H3;1H4. The summed E-state index contributed by atoms with van der Waals surface area (Å²) in [5.41, 5.74) is 16.8. The van der Waals surface area contributed by atoms with E-state index < -0.39 is 0 Å². The number of hydrogen-bond acceptors (Lipinski definition) is 35. The Morgan fingerprint density at radius 3 is 1.09 bits per heavy atom. The Balaban J connectivity index is 0.00000133. The zero-order valence-electron chi connectivity index (χ0n) is 80.1. The van der Waals surface area contributed by atoms with Gasteiger partial charge in [0.05, 0.1) is 93.9 Å². The number of thiazole rings is 1. The molecule has 0 amide bonds. The zero-order valence-corrected chi connectivity index (χ0v) is 81.7. The van der Waals surface area contributed by atoms with E-state index in [0.717, 1.165) is 112 Å². The van der Waals surface area contributed by atoms with Crippen LogP contribution in [0.25, 0.3) is 0 Å². The van der Waals surface area contributed by atoms with Gasteiger partial charge in [-0.05, 0) is 226 Å². The van der Waals surface area contributed by atoms with E-state index in [1.165, 1.54) is 37.0 Å². The second-order valence-corrected chi connectivity index (χ2v) is 30.5. The number of oxazole rings is 1. The molecule has 39 nitrogen and oxygen atoms in total. The van der Waals surface area contributed by atoms with E-state index in [9.17, 15) is 0 Å². The van der Waals surface area contributed by atoms with Crippen LogP contribution in [0.5, 0.6) is 0 Å². The van der Waals surface area contributed by atoms with Gasteiger partial charge in [-0.25, -0.2) is 34.9 Å². The fourth-order valence-corrected chi connectivity index (χ4v) is 9.37. The van der Waals surface area contributed by atoms with Crippen LogP contribution in [0.1, 0.15) is 176 Å². The molecule has 0 aromatic carbocycles. The second-order valence-electron chi connectivity index (χ2n) is 27.7. The summed E-state index contributed by atoms with van der Waals surface area (Å²) in [6, 6.07) is 11.9. The lowest BCUT2D eigenvalue weighted by atomic mass is 10.3. The maximum atomic E-state index is 4.86. The summed E-state index contributed by atoms with van der Waals surface area (Å²) in [4.78, 5) is 47.9. The second kappa shape index (κ2) is 63.2. The number of tetrazole rings is 1. The topological polar surface area (TPSA) is 456 Å². The molecule has 17 aromatic heterocycles. The number of pyridine rings is 1. The predicted octanol–water partition coefficient (Wildman–Crippen LogP) is 15.5. The third kappa shape index (κ3) is 59.7. The highest BCUT2D eigenvalue weighted by atomic mass is 32.1. The van der Waals surface area contributed by atoms with Gasteiger partial charge in [-0.2, -0.15) is 55.4 Å². The molecule has 41 heteroatoms. The largest absolute Gasteiger partial charge is 0.449 e. The summed E-state index contributed by atoms with van der Waals surface area (Å²) < 4.78 is 26.4. The molecule has 0 aliphatic carbocycles. The zero-order chi connectivity index (χ0) is 95.0. The number of hydrogen-bond donors (Lipinski definition) is 0. The van der Waals surface area contributed by atoms with Gasteiger partial charge in [-0.1, -0.05) is 23.8 Å². The number of rotatable bonds is 0. The highest BCUT2D eigenvalue weighted by Crippen LogP contribution is 2.09. The molecular formula is C86H131N35O4S2. The Labute approximate surface area is 755 Å². The highest BCUT2D eigenvalue weighted by molar-refractivity contribution is 7.11. The van der Waals surface area contributed by atoms with Crippen molar-refractivity contribution in [2.75, 3.05) is 0 Å². The third-order valence-corrected chi connectivity index (χ3v) is 15.9. The van der Waals surface area contributed by atoms with Crippen LogP contribution < -0.4 is 0 Å². The van der Waals surface area contributed by atoms with Gasteiger partial charge in [-0.3, -0.25) is 29.0 Å². The van der Waals surface area contributed by atoms with Crippen molar-refractivity contribution in [2.45, 2.75) is 215 Å². The molecule has 0 spiro atoms. The monoisotopic (exact) mass is 1780 g/mol. The van der Waals surface area contributed by atoms with Crippen LogP contribution in [0.15, 0.2) is 135 Å². The van der Waals surface area contributed by atoms with Crippen LogP contribution in [-0.4, -0.2) is 175 Å². The molecule has 17 heterocycles. The summed E-state index contributed by atoms with van der Waals surface area (Å²) in [6.45, 7) is 57.5. The van der Waals surface area contributed by atoms with Crippen molar-refractivity contribution in [3.63, 3.8) is 0 Å². The number of aryl methyl sites for hydroxylation is 35. The lowest BCUT2D eigenvalue weighted by Crippen LogP contribution is -1.91. The van der Waals surface area contributed by atoms with Crippen molar-refractivity contribution in [3.05, 3.63) is 286 Å². The lowest BCUT2D eigenvalue weighted by Gasteiger charge is -1.90. The fourth-order valence-electron chi connectivity index (χ4n) is 8.10. The van der Waals surface area contributed by atoms with Crippen LogP contribution in [0.3, 0.4) is 0 Å². The molecule has 0 saturated carbocycles. The van der Waals surface area contributed by atoms with Gasteiger partial charge in [0, 0.05) is 134 Å². The SMILES string of the molecule is C.Cc1cc(C)n(C)n1.Cc1cc(C)on1.Cc1ccc(C)nc1.Cc1ccc(C)nn1.Cc1cn(C)cn1.Cc1cnc(C)cn1.Cc1cnc(C)nc1.Cc1cnc(C)nn1.Cc1cnc(C)s1.Cc1cnn(C)c1C.Cc1cnn(C)n1.Cc1coc(C)n1.Cc1ncn(C)n1.Cc1nnc(C)o1.Cc1nnc(C)s1.Cc1nnn(C)n1.Cc1noc(C)n1. The van der Waals surface area contributed by atoms with Crippen molar-refractivity contribution in [2.24, 2.45) is 42.3 Å². The Hall–Kier alpha value is -13.7. The molecule has 0 aliphatic heterocycles. The Kier molecular flexibility index (Phi) is 56.4. The molecule has 0 aliphatic rings. The van der Waals surface area contributed by atoms with Crippen LogP contribution in [0.4, 0.5) is 0 Å². The first kappa shape index (κ1) is 113. The minimum absolute atomic E-state index is 0. The first-order valence-electron chi connectivity index (χ1n) is 39.2. The van der Waals surface area contributed by atoms with Crippen LogP contribution in [0.2, 0.25) is 0 Å². The van der Waals surface area contributed by atoms with Crippen molar-refractivity contribution < 1.29 is 17.9 Å². The van der Waals surface area contributed by atoms with Crippen molar-refractivity contribution in [1.29, 1.82) is 0 Å². The van der Waals surface area contributed by atoms with E-state index in [-0.39, 0.29) is 7.43 Å². The van der Waals surface area contributed by atoms with Gasteiger partial charge in [-0.15, -0.1) is 58.4 Å². The van der Waals surface area contributed by atoms with Crippen LogP contribution in [0, 0.1) is 208 Å². The molecule has 0 saturated heterocycles. The van der Waals surface area contributed by atoms with Gasteiger partial charge >= 0.3 is 0 Å². The van der Waals surface area contributed by atoms with E-state index in [1.807, 2.05) is 256 Å². The molecule has 0 radical (unpaired) electrons. The Morgan fingerprint density at radius 1 is 0.323 bits per heavy atom. The van der Waals surface area contributed by atoms with Gasteiger partial charge in [0.1, 0.15) is 45.8 Å². The fraction of sp³-hybridized carbons (Fsp3) is 0.430. The molecular weight excluding hydrogens is 1650 g/mol. The van der Waals surface area contributed by atoms with E-state index in [2.05, 4.69) is 184 Å². The normalized spacial score (nSPS) is 9.35. The summed E-state index contributed by atoms with van der Waals surface area (Å²) >= 11 is 3.35. The highest BCUT2D eigenvalue weighted by Gasteiger charge is 1.98. The van der Waals surface area contributed by atoms with E-state index in [0.29, 0.717) is 29.3 Å². The molecule has 686 valence electrons. The third-order valence-electron chi connectivity index (χ3n) is 14.3. The van der Waals surface area contributed by atoms with E-state index in [4.69, 9.17) is 13.4 Å². The molecule has 17 rings (SSSR count). The predicted molar refractivity (Wildman–Crippen MR) is 493 cm³/mol. The molecule has 0 atom stereocenters. The van der Waals surface area contributed by atoms with Gasteiger partial charge < -0.3 is 22.4 Å². The average molecular weight is 1780 g/mol. The lowest BCUT2D eigenvalue weighted by molar-refractivity contribution is 0.389. The van der Waals surface area contributed by atoms with Gasteiger partial charge in [0.2, 0.25) is 17.7 Å². The molecule has 0 bridgehead atoms.